The van der Waals surface area contributed by atoms with Crippen LogP contribution in [0.3, 0.4) is 0 Å². The van der Waals surface area contributed by atoms with E-state index in [1.54, 1.807) is 10.9 Å². The van der Waals surface area contributed by atoms with Gasteiger partial charge in [0, 0.05) is 24.4 Å². The topological polar surface area (TPSA) is 67.4 Å². The molecule has 3 rings (SSSR count). The fourth-order valence-electron chi connectivity index (χ4n) is 2.39. The highest BCUT2D eigenvalue weighted by molar-refractivity contribution is 5.89. The highest BCUT2D eigenvalue weighted by atomic mass is 15.4. The third kappa shape index (κ3) is 2.15. The Balaban J connectivity index is 2.38. The largest absolute Gasteiger partial charge is 0.255 e. The number of pyridine rings is 1. The highest BCUT2D eigenvalue weighted by Crippen LogP contribution is 2.24. The van der Waals surface area contributed by atoms with E-state index in [1.165, 1.54) is 0 Å². The second-order valence-corrected chi connectivity index (χ2v) is 4.71. The van der Waals surface area contributed by atoms with Crippen LogP contribution in [0.2, 0.25) is 0 Å². The maximum atomic E-state index is 9.42. The molecule has 1 aromatic carbocycles. The SMILES string of the molecule is CCc1nc(CC)n(-c2c(C#N)cnc3ccccc23)n1. The van der Waals surface area contributed by atoms with Crippen molar-refractivity contribution < 1.29 is 0 Å². The van der Waals surface area contributed by atoms with Gasteiger partial charge in [-0.25, -0.2) is 9.67 Å². The van der Waals surface area contributed by atoms with Crippen molar-refractivity contribution in [2.75, 3.05) is 0 Å². The lowest BCUT2D eigenvalue weighted by molar-refractivity contribution is 0.793. The Morgan fingerprint density at radius 3 is 2.71 bits per heavy atom. The van der Waals surface area contributed by atoms with Gasteiger partial charge in [0.25, 0.3) is 0 Å². The molecule has 0 spiro atoms. The molecule has 2 aromatic heterocycles. The van der Waals surface area contributed by atoms with Gasteiger partial charge in [-0.3, -0.25) is 4.98 Å². The molecule has 104 valence electrons. The van der Waals surface area contributed by atoms with E-state index in [-0.39, 0.29) is 0 Å². The van der Waals surface area contributed by atoms with Crippen LogP contribution in [0.25, 0.3) is 16.6 Å². The molecule has 3 aromatic rings. The average molecular weight is 277 g/mol. The molecule has 0 unspecified atom stereocenters. The number of aryl methyl sites for hydroxylation is 2. The first-order chi connectivity index (χ1) is 10.3. The van der Waals surface area contributed by atoms with E-state index >= 15 is 0 Å². The van der Waals surface area contributed by atoms with Crippen LogP contribution in [0, 0.1) is 11.3 Å². The van der Waals surface area contributed by atoms with Gasteiger partial charge in [-0.05, 0) is 6.07 Å². The minimum absolute atomic E-state index is 0.510. The number of hydrogen-bond acceptors (Lipinski definition) is 4. The molecule has 2 heterocycles. The summed E-state index contributed by atoms with van der Waals surface area (Å²) in [6.07, 6.45) is 3.13. The Kier molecular flexibility index (Phi) is 3.36. The molecule has 0 aliphatic rings. The van der Waals surface area contributed by atoms with Crippen molar-refractivity contribution in [3.63, 3.8) is 0 Å². The normalized spacial score (nSPS) is 10.7. The molecule has 5 heteroatoms. The predicted octanol–water partition coefficient (Wildman–Crippen LogP) is 2.81. The maximum absolute atomic E-state index is 9.42. The summed E-state index contributed by atoms with van der Waals surface area (Å²) >= 11 is 0. The molecular weight excluding hydrogens is 262 g/mol. The first-order valence-corrected chi connectivity index (χ1v) is 7.01. The van der Waals surface area contributed by atoms with Crippen molar-refractivity contribution in [3.8, 4) is 11.8 Å². The van der Waals surface area contributed by atoms with Crippen LogP contribution < -0.4 is 0 Å². The molecule has 0 amide bonds. The molecule has 21 heavy (non-hydrogen) atoms. The molecule has 0 radical (unpaired) electrons. The summed E-state index contributed by atoms with van der Waals surface area (Å²) < 4.78 is 1.79. The zero-order valence-corrected chi connectivity index (χ0v) is 12.0. The van der Waals surface area contributed by atoms with E-state index in [9.17, 15) is 5.26 Å². The van der Waals surface area contributed by atoms with Crippen molar-refractivity contribution in [2.24, 2.45) is 0 Å². The number of nitriles is 1. The number of aromatic nitrogens is 4. The zero-order chi connectivity index (χ0) is 14.8. The molecule has 5 nitrogen and oxygen atoms in total. The lowest BCUT2D eigenvalue weighted by Gasteiger charge is -2.10. The van der Waals surface area contributed by atoms with Crippen molar-refractivity contribution in [1.82, 2.24) is 19.7 Å². The Morgan fingerprint density at radius 1 is 1.19 bits per heavy atom. The monoisotopic (exact) mass is 277 g/mol. The van der Waals surface area contributed by atoms with Crippen LogP contribution in [-0.4, -0.2) is 19.7 Å². The lowest BCUT2D eigenvalue weighted by atomic mass is 10.1. The summed E-state index contributed by atoms with van der Waals surface area (Å²) in [4.78, 5) is 8.86. The molecule has 0 N–H and O–H groups in total. The molecule has 0 bridgehead atoms. The zero-order valence-electron chi connectivity index (χ0n) is 12.0. The fraction of sp³-hybridized carbons (Fsp3) is 0.250. The number of rotatable bonds is 3. The summed E-state index contributed by atoms with van der Waals surface area (Å²) in [5.74, 6) is 1.65. The summed E-state index contributed by atoms with van der Waals surface area (Å²) in [6, 6.07) is 9.99. The van der Waals surface area contributed by atoms with Gasteiger partial charge in [0.05, 0.1) is 16.8 Å². The van der Waals surface area contributed by atoms with E-state index in [4.69, 9.17) is 0 Å². The molecule has 0 aliphatic heterocycles. The van der Waals surface area contributed by atoms with Gasteiger partial charge in [-0.15, -0.1) is 0 Å². The predicted molar refractivity (Wildman–Crippen MR) is 80.1 cm³/mol. The van der Waals surface area contributed by atoms with Crippen molar-refractivity contribution in [3.05, 3.63) is 47.7 Å². The Bertz CT molecular complexity index is 841. The minimum Gasteiger partial charge on any atom is -0.255 e. The van der Waals surface area contributed by atoms with Crippen molar-refractivity contribution in [1.29, 1.82) is 5.26 Å². The number of para-hydroxylation sites is 1. The molecule has 0 atom stereocenters. The van der Waals surface area contributed by atoms with Crippen LogP contribution in [0.4, 0.5) is 0 Å². The van der Waals surface area contributed by atoms with E-state index in [1.807, 2.05) is 38.1 Å². The smallest absolute Gasteiger partial charge is 0.151 e. The van der Waals surface area contributed by atoms with E-state index in [0.29, 0.717) is 5.56 Å². The van der Waals surface area contributed by atoms with Crippen LogP contribution in [0.15, 0.2) is 30.5 Å². The molecule has 0 saturated carbocycles. The molecule has 0 fully saturated rings. The fourth-order valence-corrected chi connectivity index (χ4v) is 2.39. The minimum atomic E-state index is 0.510. The number of nitrogens with zero attached hydrogens (tertiary/aromatic N) is 5. The van der Waals surface area contributed by atoms with E-state index < -0.39 is 0 Å². The van der Waals surface area contributed by atoms with Crippen LogP contribution in [-0.2, 0) is 12.8 Å². The second-order valence-electron chi connectivity index (χ2n) is 4.71. The maximum Gasteiger partial charge on any atom is 0.151 e. The van der Waals surface area contributed by atoms with Gasteiger partial charge in [0.15, 0.2) is 5.82 Å². The summed E-state index contributed by atoms with van der Waals surface area (Å²) in [7, 11) is 0. The van der Waals surface area contributed by atoms with Crippen molar-refractivity contribution in [2.45, 2.75) is 26.7 Å². The molecular formula is C16H15N5. The highest BCUT2D eigenvalue weighted by Gasteiger charge is 2.16. The lowest BCUT2D eigenvalue weighted by Crippen LogP contribution is -2.06. The number of hydrogen-bond donors (Lipinski definition) is 0. The van der Waals surface area contributed by atoms with E-state index in [0.717, 1.165) is 41.1 Å². The number of benzene rings is 1. The summed E-state index contributed by atoms with van der Waals surface area (Å²) in [5, 5.41) is 14.9. The Hall–Kier alpha value is -2.74. The van der Waals surface area contributed by atoms with E-state index in [2.05, 4.69) is 21.1 Å². The van der Waals surface area contributed by atoms with Crippen LogP contribution in [0.1, 0.15) is 31.1 Å². The standard InChI is InChI=1S/C16H15N5/c1-3-14-19-15(4-2)21(20-14)16-11(9-17)10-18-13-8-6-5-7-12(13)16/h5-8,10H,3-4H2,1-2H3. The Labute approximate surface area is 122 Å². The van der Waals surface area contributed by atoms with Crippen molar-refractivity contribution >= 4 is 10.9 Å². The number of fused-ring (bicyclic) bond motifs is 1. The third-order valence-electron chi connectivity index (χ3n) is 3.43. The molecule has 0 saturated heterocycles. The first kappa shape index (κ1) is 13.3. The first-order valence-electron chi connectivity index (χ1n) is 7.01. The average Bonchev–Trinajstić information content (AvgIpc) is 2.96. The van der Waals surface area contributed by atoms with Gasteiger partial charge < -0.3 is 0 Å². The van der Waals surface area contributed by atoms with Gasteiger partial charge >= 0.3 is 0 Å². The quantitative estimate of drug-likeness (QED) is 0.738. The molecule has 0 aliphatic carbocycles. The van der Waals surface area contributed by atoms with Gasteiger partial charge in [0.2, 0.25) is 0 Å². The Morgan fingerprint density at radius 2 is 2.00 bits per heavy atom. The second kappa shape index (κ2) is 5.33. The van der Waals surface area contributed by atoms with Gasteiger partial charge in [-0.1, -0.05) is 32.0 Å². The van der Waals surface area contributed by atoms with Gasteiger partial charge in [0.1, 0.15) is 11.9 Å². The summed E-state index contributed by atoms with van der Waals surface area (Å²) in [5.41, 5.74) is 2.13. The third-order valence-corrected chi connectivity index (χ3v) is 3.43. The van der Waals surface area contributed by atoms with Crippen LogP contribution >= 0.6 is 0 Å². The van der Waals surface area contributed by atoms with Crippen LogP contribution in [0.5, 0.6) is 0 Å². The van der Waals surface area contributed by atoms with Gasteiger partial charge in [-0.2, -0.15) is 10.4 Å². The summed E-state index contributed by atoms with van der Waals surface area (Å²) in [6.45, 7) is 4.06.